The van der Waals surface area contributed by atoms with Crippen molar-refractivity contribution < 1.29 is 19.0 Å². The number of methoxy groups -OCH3 is 1. The predicted octanol–water partition coefficient (Wildman–Crippen LogP) is 5.44. The number of benzene rings is 2. The van der Waals surface area contributed by atoms with Crippen LogP contribution in [-0.4, -0.2) is 73.7 Å². The van der Waals surface area contributed by atoms with Gasteiger partial charge in [0.2, 0.25) is 0 Å². The molecule has 3 heterocycles. The normalized spacial score (nSPS) is 18.0. The summed E-state index contributed by atoms with van der Waals surface area (Å²) in [6.45, 7) is 6.68. The molecular formula is C34H41N3O4. The number of pyridine rings is 1. The van der Waals surface area contributed by atoms with Crippen molar-refractivity contribution in [2.75, 3.05) is 53.0 Å². The van der Waals surface area contributed by atoms with Crippen LogP contribution in [0.15, 0.2) is 60.7 Å². The summed E-state index contributed by atoms with van der Waals surface area (Å²) in [6, 6.07) is 20.7. The Morgan fingerprint density at radius 2 is 1.78 bits per heavy atom. The number of hydrogen-bond acceptors (Lipinski definition) is 6. The van der Waals surface area contributed by atoms with Crippen LogP contribution in [-0.2, 0) is 17.8 Å². The van der Waals surface area contributed by atoms with Crippen LogP contribution in [0.3, 0.4) is 0 Å². The molecule has 1 aliphatic carbocycles. The number of nitrogens with zero attached hydrogens (tertiary/aromatic N) is 3. The molecule has 41 heavy (non-hydrogen) atoms. The Balaban J connectivity index is 0.989. The first-order valence-corrected chi connectivity index (χ1v) is 15.1. The summed E-state index contributed by atoms with van der Waals surface area (Å²) in [4.78, 5) is 22.2. The number of aromatic nitrogens is 1. The van der Waals surface area contributed by atoms with Gasteiger partial charge in [-0.3, -0.25) is 4.79 Å². The van der Waals surface area contributed by atoms with Crippen molar-refractivity contribution in [1.29, 1.82) is 0 Å². The Kier molecular flexibility index (Phi) is 8.82. The van der Waals surface area contributed by atoms with E-state index in [0.29, 0.717) is 25.4 Å². The number of carbonyl (C=O) groups excluding carboxylic acids is 1. The fraction of sp³-hybridized carbons (Fsp3) is 0.471. The minimum absolute atomic E-state index is 0.00684. The first-order chi connectivity index (χ1) is 20.2. The molecule has 2 aliphatic heterocycles. The average Bonchev–Trinajstić information content (AvgIpc) is 3.85. The van der Waals surface area contributed by atoms with E-state index in [1.807, 2.05) is 35.2 Å². The molecule has 0 unspecified atom stereocenters. The van der Waals surface area contributed by atoms with Gasteiger partial charge in [-0.1, -0.05) is 36.4 Å². The fourth-order valence-corrected chi connectivity index (χ4v) is 5.78. The Hall–Kier alpha value is -3.42. The number of ether oxygens (including phenoxy) is 3. The summed E-state index contributed by atoms with van der Waals surface area (Å²) >= 11 is 0. The van der Waals surface area contributed by atoms with E-state index in [2.05, 4.69) is 35.2 Å². The van der Waals surface area contributed by atoms with Crippen molar-refractivity contribution in [3.8, 4) is 11.5 Å². The number of amides is 1. The average molecular weight is 556 g/mol. The van der Waals surface area contributed by atoms with Crippen LogP contribution < -0.4 is 9.47 Å². The van der Waals surface area contributed by atoms with E-state index in [4.69, 9.17) is 19.2 Å². The zero-order valence-corrected chi connectivity index (χ0v) is 24.1. The molecule has 0 spiro atoms. The Morgan fingerprint density at radius 3 is 2.59 bits per heavy atom. The molecule has 3 aliphatic rings. The third-order valence-corrected chi connectivity index (χ3v) is 8.50. The maximum absolute atomic E-state index is 13.2. The summed E-state index contributed by atoms with van der Waals surface area (Å²) in [5.41, 5.74) is 5.27. The molecule has 0 bridgehead atoms. The van der Waals surface area contributed by atoms with Crippen molar-refractivity contribution in [2.45, 2.75) is 50.5 Å². The van der Waals surface area contributed by atoms with Crippen LogP contribution in [0.2, 0.25) is 0 Å². The van der Waals surface area contributed by atoms with Gasteiger partial charge in [-0.15, -0.1) is 0 Å². The van der Waals surface area contributed by atoms with E-state index < -0.39 is 0 Å². The van der Waals surface area contributed by atoms with Gasteiger partial charge >= 0.3 is 0 Å². The Labute approximate surface area is 243 Å². The number of rotatable bonds is 11. The van der Waals surface area contributed by atoms with E-state index in [0.717, 1.165) is 86.3 Å². The van der Waals surface area contributed by atoms with E-state index >= 15 is 0 Å². The number of aryl methyl sites for hydroxylation is 1. The highest BCUT2D eigenvalue weighted by molar-refractivity contribution is 5.93. The van der Waals surface area contributed by atoms with Gasteiger partial charge in [0.1, 0.15) is 12.3 Å². The SMILES string of the molecule is COc1cc(C2CN(C(=O)c3cccc(CCCN4CCCOCC4)n3)C2)ccc1OCc1ccc(C2CC2)cc1. The lowest BCUT2D eigenvalue weighted by atomic mass is 9.91. The molecule has 1 amide bonds. The highest BCUT2D eigenvalue weighted by Crippen LogP contribution is 2.40. The van der Waals surface area contributed by atoms with Gasteiger partial charge < -0.3 is 24.0 Å². The lowest BCUT2D eigenvalue weighted by Crippen LogP contribution is -2.48. The molecule has 2 aromatic carbocycles. The molecule has 1 aromatic heterocycles. The van der Waals surface area contributed by atoms with Gasteiger partial charge in [0, 0.05) is 44.4 Å². The highest BCUT2D eigenvalue weighted by atomic mass is 16.5. The molecule has 7 heteroatoms. The summed E-state index contributed by atoms with van der Waals surface area (Å²) in [7, 11) is 1.67. The first kappa shape index (κ1) is 27.7. The molecule has 1 saturated carbocycles. The first-order valence-electron chi connectivity index (χ1n) is 15.1. The number of hydrogen-bond donors (Lipinski definition) is 0. The van der Waals surface area contributed by atoms with Crippen molar-refractivity contribution in [3.05, 3.63) is 88.7 Å². The van der Waals surface area contributed by atoms with Gasteiger partial charge in [0.15, 0.2) is 11.5 Å². The van der Waals surface area contributed by atoms with E-state index in [-0.39, 0.29) is 11.8 Å². The summed E-state index contributed by atoms with van der Waals surface area (Å²) in [6.07, 6.45) is 5.63. The van der Waals surface area contributed by atoms with Crippen LogP contribution in [0.25, 0.3) is 0 Å². The second kappa shape index (κ2) is 13.0. The second-order valence-electron chi connectivity index (χ2n) is 11.5. The second-order valence-corrected chi connectivity index (χ2v) is 11.5. The maximum Gasteiger partial charge on any atom is 0.272 e. The van der Waals surface area contributed by atoms with Gasteiger partial charge in [-0.25, -0.2) is 4.98 Å². The van der Waals surface area contributed by atoms with Crippen molar-refractivity contribution in [3.63, 3.8) is 0 Å². The Bertz CT molecular complexity index is 1310. The third kappa shape index (κ3) is 7.08. The molecule has 3 fully saturated rings. The van der Waals surface area contributed by atoms with Gasteiger partial charge in [0.05, 0.1) is 13.7 Å². The molecule has 0 atom stereocenters. The molecule has 3 aromatic rings. The zero-order chi connectivity index (χ0) is 28.0. The summed E-state index contributed by atoms with van der Waals surface area (Å²) < 4.78 is 17.3. The summed E-state index contributed by atoms with van der Waals surface area (Å²) in [5, 5.41) is 0. The lowest BCUT2D eigenvalue weighted by Gasteiger charge is -2.39. The minimum atomic E-state index is 0.00684. The quantitative estimate of drug-likeness (QED) is 0.314. The number of carbonyl (C=O) groups is 1. The van der Waals surface area contributed by atoms with Crippen LogP contribution in [0.1, 0.15) is 70.4 Å². The Morgan fingerprint density at radius 1 is 0.951 bits per heavy atom. The number of likely N-dealkylation sites (tertiary alicyclic amines) is 1. The summed E-state index contributed by atoms with van der Waals surface area (Å²) in [5.74, 6) is 2.51. The fourth-order valence-electron chi connectivity index (χ4n) is 5.78. The smallest absolute Gasteiger partial charge is 0.272 e. The van der Waals surface area contributed by atoms with Crippen LogP contribution >= 0.6 is 0 Å². The van der Waals surface area contributed by atoms with Gasteiger partial charge in [0.25, 0.3) is 5.91 Å². The topological polar surface area (TPSA) is 64.1 Å². The van der Waals surface area contributed by atoms with Crippen molar-refractivity contribution in [1.82, 2.24) is 14.8 Å². The molecule has 7 nitrogen and oxygen atoms in total. The highest BCUT2D eigenvalue weighted by Gasteiger charge is 2.33. The van der Waals surface area contributed by atoms with Crippen molar-refractivity contribution >= 4 is 5.91 Å². The standard InChI is InChI=1S/C34H41N3O4/c1-39-33-21-28(14-15-32(33)41-24-25-8-10-26(11-9-25)27-12-13-27)29-22-37(23-29)34(38)31-7-2-5-30(35-31)6-3-16-36-17-4-19-40-20-18-36/h2,5,7-11,14-15,21,27,29H,3-4,6,12-13,16-20,22-24H2,1H3. The molecule has 6 rings (SSSR count). The molecular weight excluding hydrogens is 514 g/mol. The largest absolute Gasteiger partial charge is 0.493 e. The minimum Gasteiger partial charge on any atom is -0.493 e. The van der Waals surface area contributed by atoms with Gasteiger partial charge in [-0.2, -0.15) is 0 Å². The van der Waals surface area contributed by atoms with E-state index in [1.165, 1.54) is 18.4 Å². The predicted molar refractivity (Wildman–Crippen MR) is 159 cm³/mol. The van der Waals surface area contributed by atoms with Crippen molar-refractivity contribution in [2.24, 2.45) is 0 Å². The maximum atomic E-state index is 13.2. The zero-order valence-electron chi connectivity index (χ0n) is 24.1. The van der Waals surface area contributed by atoms with E-state index in [9.17, 15) is 4.79 Å². The van der Waals surface area contributed by atoms with Gasteiger partial charge in [-0.05, 0) is 85.5 Å². The molecule has 0 radical (unpaired) electrons. The van der Waals surface area contributed by atoms with Crippen LogP contribution in [0.5, 0.6) is 11.5 Å². The molecule has 216 valence electrons. The third-order valence-electron chi connectivity index (χ3n) is 8.50. The van der Waals surface area contributed by atoms with Crippen LogP contribution in [0.4, 0.5) is 0 Å². The monoisotopic (exact) mass is 555 g/mol. The van der Waals surface area contributed by atoms with Crippen LogP contribution in [0, 0.1) is 0 Å². The lowest BCUT2D eigenvalue weighted by molar-refractivity contribution is 0.0595. The molecule has 2 saturated heterocycles. The molecule has 0 N–H and O–H groups in total. The van der Waals surface area contributed by atoms with E-state index in [1.54, 1.807) is 7.11 Å².